The van der Waals surface area contributed by atoms with E-state index in [9.17, 15) is 34.2 Å². The summed E-state index contributed by atoms with van der Waals surface area (Å²) in [5.74, 6) is -3.15. The Morgan fingerprint density at radius 1 is 0.905 bits per heavy atom. The van der Waals surface area contributed by atoms with E-state index in [1.165, 1.54) is 26.0 Å². The average molecular weight is 615 g/mol. The molecule has 0 saturated heterocycles. The molecule has 1 aromatic rings. The molecule has 0 heterocycles. The topological polar surface area (TPSA) is 278 Å². The number of carboxylic acids is 1. The zero-order valence-corrected chi connectivity index (χ0v) is 24.6. The first-order valence-corrected chi connectivity index (χ1v) is 13.6. The SMILES string of the molecule is CC(=O)Cl.CC(NC(=O)C(N)Cc1ccc(O)cc1)C(=O)NC(CCCCN)C(=O)NC(CCCN=C(N)N)C(=O)O. The molecule has 42 heavy (non-hydrogen) atoms. The number of phenolic OH excluding ortho intramolecular Hbond substituents is 1. The first kappa shape index (κ1) is 38.0. The third kappa shape index (κ3) is 17.7. The molecule has 4 atom stereocenters. The molecule has 0 saturated carbocycles. The number of rotatable bonds is 17. The predicted octanol–water partition coefficient (Wildman–Crippen LogP) is -1.22. The Morgan fingerprint density at radius 3 is 1.98 bits per heavy atom. The van der Waals surface area contributed by atoms with Crippen LogP contribution >= 0.6 is 11.6 Å². The Bertz CT molecular complexity index is 1050. The summed E-state index contributed by atoms with van der Waals surface area (Å²) in [6.07, 6.45) is 1.90. The van der Waals surface area contributed by atoms with Gasteiger partial charge in [0.1, 0.15) is 23.9 Å². The van der Waals surface area contributed by atoms with E-state index < -0.39 is 47.9 Å². The second-order valence-electron chi connectivity index (χ2n) is 9.37. The van der Waals surface area contributed by atoms with Gasteiger partial charge in [-0.2, -0.15) is 0 Å². The van der Waals surface area contributed by atoms with Crippen molar-refractivity contribution in [3.05, 3.63) is 29.8 Å². The number of carbonyl (C=O) groups is 5. The van der Waals surface area contributed by atoms with E-state index in [-0.39, 0.29) is 42.8 Å². The van der Waals surface area contributed by atoms with Crippen LogP contribution in [0.5, 0.6) is 5.75 Å². The van der Waals surface area contributed by atoms with Crippen molar-refractivity contribution in [1.82, 2.24) is 16.0 Å². The number of aliphatic carboxylic acids is 1. The molecule has 16 heteroatoms. The summed E-state index contributed by atoms with van der Waals surface area (Å²) in [7, 11) is 0. The number of amides is 3. The fourth-order valence-corrected chi connectivity index (χ4v) is 3.46. The summed E-state index contributed by atoms with van der Waals surface area (Å²) in [6, 6.07) is 2.00. The van der Waals surface area contributed by atoms with Crippen molar-refractivity contribution in [2.75, 3.05) is 13.1 Å². The minimum absolute atomic E-state index is 0.0761. The molecule has 4 unspecified atom stereocenters. The number of aliphatic imine (C=N–C) groups is 1. The van der Waals surface area contributed by atoms with E-state index in [2.05, 4.69) is 32.5 Å². The third-order valence-electron chi connectivity index (χ3n) is 5.62. The molecule has 0 aromatic heterocycles. The van der Waals surface area contributed by atoms with Crippen LogP contribution in [0.3, 0.4) is 0 Å². The van der Waals surface area contributed by atoms with E-state index in [0.717, 1.165) is 5.56 Å². The first-order chi connectivity index (χ1) is 19.7. The summed E-state index contributed by atoms with van der Waals surface area (Å²) in [5.41, 5.74) is 22.7. The van der Waals surface area contributed by atoms with Crippen LogP contribution in [0, 0.1) is 0 Å². The summed E-state index contributed by atoms with van der Waals surface area (Å²) in [5, 5.41) is 26.0. The van der Waals surface area contributed by atoms with E-state index >= 15 is 0 Å². The van der Waals surface area contributed by atoms with Crippen LogP contribution in [0.25, 0.3) is 0 Å². The number of aromatic hydroxyl groups is 1. The number of carboxylic acid groups (broad SMARTS) is 1. The third-order valence-corrected chi connectivity index (χ3v) is 5.62. The molecular weight excluding hydrogens is 572 g/mol. The Kier molecular flexibility index (Phi) is 18.9. The number of nitrogens with two attached hydrogens (primary N) is 4. The zero-order chi connectivity index (χ0) is 32.2. The number of hydrogen-bond donors (Lipinski definition) is 9. The van der Waals surface area contributed by atoms with E-state index in [1.807, 2.05) is 0 Å². The molecule has 13 N–H and O–H groups in total. The number of halogens is 1. The fourth-order valence-electron chi connectivity index (χ4n) is 3.46. The van der Waals surface area contributed by atoms with Crippen molar-refractivity contribution in [3.63, 3.8) is 0 Å². The number of benzene rings is 1. The molecule has 0 aliphatic heterocycles. The molecule has 0 bridgehead atoms. The van der Waals surface area contributed by atoms with Crippen LogP contribution in [0.2, 0.25) is 0 Å². The van der Waals surface area contributed by atoms with Crippen LogP contribution < -0.4 is 38.9 Å². The number of unbranched alkanes of at least 4 members (excludes halogenated alkanes) is 1. The van der Waals surface area contributed by atoms with Gasteiger partial charge in [-0.25, -0.2) is 4.79 Å². The minimum Gasteiger partial charge on any atom is -0.508 e. The number of carbonyl (C=O) groups excluding carboxylic acids is 4. The van der Waals surface area contributed by atoms with Gasteiger partial charge in [-0.1, -0.05) is 12.1 Å². The van der Waals surface area contributed by atoms with Gasteiger partial charge in [0.2, 0.25) is 23.0 Å². The zero-order valence-electron chi connectivity index (χ0n) is 23.8. The lowest BCUT2D eigenvalue weighted by Gasteiger charge is -2.24. The lowest BCUT2D eigenvalue weighted by molar-refractivity contribution is -0.142. The molecule has 0 aliphatic rings. The summed E-state index contributed by atoms with van der Waals surface area (Å²) in [4.78, 5) is 62.8. The van der Waals surface area contributed by atoms with Crippen molar-refractivity contribution in [1.29, 1.82) is 0 Å². The number of guanidine groups is 1. The maximum Gasteiger partial charge on any atom is 0.326 e. The van der Waals surface area contributed by atoms with Crippen LogP contribution in [0.15, 0.2) is 29.3 Å². The van der Waals surface area contributed by atoms with Gasteiger partial charge in [-0.15, -0.1) is 0 Å². The molecule has 15 nitrogen and oxygen atoms in total. The van der Waals surface area contributed by atoms with Gasteiger partial charge in [0.05, 0.1) is 6.04 Å². The monoisotopic (exact) mass is 614 g/mol. The molecule has 3 amide bonds. The number of nitrogens with one attached hydrogen (secondary N) is 3. The first-order valence-electron chi connectivity index (χ1n) is 13.3. The highest BCUT2D eigenvalue weighted by atomic mass is 35.5. The molecular formula is C26H43ClN8O7. The standard InChI is InChI=1S/C24H40N8O6.C2H3ClO/c1-14(30-21(35)17(26)13-15-7-9-16(33)10-8-15)20(34)31-18(5-2-3-11-25)22(36)32-19(23(37)38)6-4-12-29-24(27)28;1-2(3)4/h7-10,14,17-19,33H,2-6,11-13,25-26H2,1H3,(H,30,35)(H,31,34)(H,32,36)(H,37,38)(H4,27,28,29);1H3. The molecule has 0 radical (unpaired) electrons. The molecule has 0 spiro atoms. The van der Waals surface area contributed by atoms with Crippen LogP contribution in [-0.2, 0) is 30.4 Å². The maximum absolute atomic E-state index is 12.9. The normalized spacial score (nSPS) is 13.2. The number of nitrogens with zero attached hydrogens (tertiary/aromatic N) is 1. The Labute approximate surface area is 249 Å². The largest absolute Gasteiger partial charge is 0.508 e. The Hall–Kier alpha value is -3.95. The maximum atomic E-state index is 12.9. The van der Waals surface area contributed by atoms with Gasteiger partial charge < -0.3 is 49.1 Å². The minimum atomic E-state index is -1.24. The lowest BCUT2D eigenvalue weighted by atomic mass is 10.0. The lowest BCUT2D eigenvalue weighted by Crippen LogP contribution is -2.56. The number of phenols is 1. The summed E-state index contributed by atoms with van der Waals surface area (Å²) in [6.45, 7) is 3.32. The van der Waals surface area contributed by atoms with Crippen LogP contribution in [0.4, 0.5) is 0 Å². The fraction of sp³-hybridized carbons (Fsp3) is 0.538. The highest BCUT2D eigenvalue weighted by molar-refractivity contribution is 6.62. The Morgan fingerprint density at radius 2 is 1.45 bits per heavy atom. The molecule has 0 aliphatic carbocycles. The van der Waals surface area contributed by atoms with Gasteiger partial charge in [-0.05, 0) is 81.3 Å². The van der Waals surface area contributed by atoms with E-state index in [1.54, 1.807) is 12.1 Å². The van der Waals surface area contributed by atoms with Gasteiger partial charge >= 0.3 is 5.97 Å². The second kappa shape index (κ2) is 20.9. The molecule has 0 fully saturated rings. The van der Waals surface area contributed by atoms with Crippen molar-refractivity contribution in [3.8, 4) is 5.75 Å². The quantitative estimate of drug-likeness (QED) is 0.0433. The van der Waals surface area contributed by atoms with Crippen molar-refractivity contribution >= 4 is 46.5 Å². The van der Waals surface area contributed by atoms with Crippen molar-refractivity contribution in [2.24, 2.45) is 27.9 Å². The van der Waals surface area contributed by atoms with Crippen LogP contribution in [-0.4, -0.2) is 82.4 Å². The molecule has 236 valence electrons. The van der Waals surface area contributed by atoms with Gasteiger partial charge in [-0.3, -0.25) is 24.2 Å². The Balaban J connectivity index is 0.00000393. The summed E-state index contributed by atoms with van der Waals surface area (Å²) >= 11 is 4.64. The van der Waals surface area contributed by atoms with E-state index in [0.29, 0.717) is 25.8 Å². The highest BCUT2D eigenvalue weighted by Crippen LogP contribution is 2.11. The summed E-state index contributed by atoms with van der Waals surface area (Å²) < 4.78 is 0. The highest BCUT2D eigenvalue weighted by Gasteiger charge is 2.28. The van der Waals surface area contributed by atoms with Gasteiger partial charge in [0.25, 0.3) is 0 Å². The van der Waals surface area contributed by atoms with Crippen molar-refractivity contribution in [2.45, 2.75) is 76.5 Å². The smallest absolute Gasteiger partial charge is 0.326 e. The van der Waals surface area contributed by atoms with Crippen LogP contribution in [0.1, 0.15) is 51.5 Å². The van der Waals surface area contributed by atoms with Crippen molar-refractivity contribution < 1.29 is 34.2 Å². The van der Waals surface area contributed by atoms with Gasteiger partial charge in [0.15, 0.2) is 5.96 Å². The van der Waals surface area contributed by atoms with E-state index in [4.69, 9.17) is 22.9 Å². The number of hydrogen-bond acceptors (Lipinski definition) is 9. The van der Waals surface area contributed by atoms with Gasteiger partial charge in [0, 0.05) is 13.5 Å². The second-order valence-corrected chi connectivity index (χ2v) is 9.90. The molecule has 1 rings (SSSR count). The predicted molar refractivity (Wildman–Crippen MR) is 158 cm³/mol. The average Bonchev–Trinajstić information content (AvgIpc) is 2.90. The molecule has 1 aromatic carbocycles.